The lowest BCUT2D eigenvalue weighted by Gasteiger charge is -2.16. The Labute approximate surface area is 132 Å². The zero-order chi connectivity index (χ0) is 16.6. The van der Waals surface area contributed by atoms with Crippen molar-refractivity contribution in [2.45, 2.75) is 24.7 Å². The Bertz CT molecular complexity index is 714. The van der Waals surface area contributed by atoms with Crippen molar-refractivity contribution in [2.24, 2.45) is 0 Å². The number of nitrogens with one attached hydrogen (secondary N) is 1. The fourth-order valence-corrected chi connectivity index (χ4v) is 3.16. The summed E-state index contributed by atoms with van der Waals surface area (Å²) in [6.07, 6.45) is -4.57. The summed E-state index contributed by atoms with van der Waals surface area (Å²) in [5, 5.41) is 1.62. The van der Waals surface area contributed by atoms with Gasteiger partial charge in [0.05, 0.1) is 6.04 Å². The van der Waals surface area contributed by atoms with Gasteiger partial charge in [0, 0.05) is 17.5 Å². The summed E-state index contributed by atoms with van der Waals surface area (Å²) in [5.74, 6) is -0.431. The summed E-state index contributed by atoms with van der Waals surface area (Å²) in [6.45, 7) is 0. The molecule has 0 saturated carbocycles. The molecule has 1 N–H and O–H groups in total. The Morgan fingerprint density at radius 2 is 1.96 bits per heavy atom. The Hall–Kier alpha value is -2.16. The third-order valence-corrected chi connectivity index (χ3v) is 4.38. The number of amides is 1. The fraction of sp³-hybridized carbons (Fsp3) is 0.286. The van der Waals surface area contributed by atoms with E-state index in [2.05, 4.69) is 10.3 Å². The third-order valence-electron chi connectivity index (χ3n) is 3.32. The van der Waals surface area contributed by atoms with Gasteiger partial charge in [0.25, 0.3) is 0 Å². The van der Waals surface area contributed by atoms with Gasteiger partial charge in [-0.2, -0.15) is 13.2 Å². The number of alkyl halides is 3. The van der Waals surface area contributed by atoms with Crippen LogP contribution in [0.1, 0.15) is 21.6 Å². The summed E-state index contributed by atoms with van der Waals surface area (Å²) < 4.78 is 55.8. The van der Waals surface area contributed by atoms with Crippen LogP contribution >= 0.6 is 11.3 Å². The molecule has 0 aliphatic carbocycles. The molecule has 23 heavy (non-hydrogen) atoms. The number of carbonyl (C=O) groups excluding carboxylic acids is 1. The molecule has 2 aromatic rings. The predicted octanol–water partition coefficient (Wildman–Crippen LogP) is 3.69. The number of hydrogen-bond acceptors (Lipinski definition) is 4. The van der Waals surface area contributed by atoms with Gasteiger partial charge in [-0.3, -0.25) is 0 Å². The molecule has 4 nitrogen and oxygen atoms in total. The van der Waals surface area contributed by atoms with Crippen molar-refractivity contribution in [3.8, 4) is 0 Å². The molecule has 0 spiro atoms. The number of carbonyl (C=O) groups is 1. The van der Waals surface area contributed by atoms with Crippen LogP contribution in [0.2, 0.25) is 0 Å². The standard InChI is InChI=1S/C14H10F4N2O2S/c15-8-3-1-7(2-4-8)11-10(20-13(21)22-11)5-9-6-19-12(23-9)14(16,17)18/h1-4,6,10-11H,5H2,(H,20,21). The van der Waals surface area contributed by atoms with E-state index < -0.39 is 35.2 Å². The van der Waals surface area contributed by atoms with E-state index in [1.807, 2.05) is 0 Å². The largest absolute Gasteiger partial charge is 0.443 e. The summed E-state index contributed by atoms with van der Waals surface area (Å²) >= 11 is 0.525. The summed E-state index contributed by atoms with van der Waals surface area (Å²) in [6, 6.07) is 4.86. The monoisotopic (exact) mass is 346 g/mol. The Kier molecular flexibility index (Phi) is 3.97. The van der Waals surface area contributed by atoms with Crippen molar-refractivity contribution in [1.82, 2.24) is 10.3 Å². The number of alkyl carbamates (subject to hydrolysis) is 1. The van der Waals surface area contributed by atoms with E-state index in [1.165, 1.54) is 24.3 Å². The molecule has 1 saturated heterocycles. The van der Waals surface area contributed by atoms with E-state index in [9.17, 15) is 22.4 Å². The summed E-state index contributed by atoms with van der Waals surface area (Å²) in [4.78, 5) is 15.2. The number of aromatic nitrogens is 1. The molecule has 2 heterocycles. The van der Waals surface area contributed by atoms with Gasteiger partial charge in [0.1, 0.15) is 11.9 Å². The summed E-state index contributed by atoms with van der Waals surface area (Å²) in [7, 11) is 0. The minimum atomic E-state index is -4.49. The number of cyclic esters (lactones) is 1. The van der Waals surface area contributed by atoms with Crippen LogP contribution in [-0.2, 0) is 17.3 Å². The van der Waals surface area contributed by atoms with Crippen molar-refractivity contribution in [3.63, 3.8) is 0 Å². The molecular weight excluding hydrogens is 336 g/mol. The molecule has 1 aliphatic rings. The van der Waals surface area contributed by atoms with Crippen LogP contribution in [0.4, 0.5) is 22.4 Å². The van der Waals surface area contributed by atoms with E-state index in [1.54, 1.807) is 0 Å². The van der Waals surface area contributed by atoms with Gasteiger partial charge in [-0.05, 0) is 17.7 Å². The van der Waals surface area contributed by atoms with E-state index in [4.69, 9.17) is 4.74 Å². The quantitative estimate of drug-likeness (QED) is 0.863. The Balaban J connectivity index is 1.79. The second kappa shape index (κ2) is 5.80. The molecule has 122 valence electrons. The van der Waals surface area contributed by atoms with Crippen molar-refractivity contribution < 1.29 is 27.1 Å². The topological polar surface area (TPSA) is 51.2 Å². The average Bonchev–Trinajstić information content (AvgIpc) is 3.07. The number of ether oxygens (including phenoxy) is 1. The molecule has 1 amide bonds. The Morgan fingerprint density at radius 3 is 2.57 bits per heavy atom. The van der Waals surface area contributed by atoms with E-state index in [0.29, 0.717) is 21.8 Å². The van der Waals surface area contributed by atoms with Crippen molar-refractivity contribution in [3.05, 3.63) is 51.7 Å². The van der Waals surface area contributed by atoms with Crippen molar-refractivity contribution in [1.29, 1.82) is 0 Å². The molecule has 1 aromatic carbocycles. The molecule has 0 radical (unpaired) electrons. The highest BCUT2D eigenvalue weighted by molar-refractivity contribution is 7.11. The molecular formula is C14H10F4N2O2S. The molecule has 2 atom stereocenters. The minimum Gasteiger partial charge on any atom is -0.439 e. The van der Waals surface area contributed by atoms with Gasteiger partial charge < -0.3 is 10.1 Å². The third kappa shape index (κ3) is 3.44. The molecule has 2 unspecified atom stereocenters. The lowest BCUT2D eigenvalue weighted by Crippen LogP contribution is -2.29. The molecule has 1 aliphatic heterocycles. The normalized spacial score (nSPS) is 21.1. The first-order valence-electron chi connectivity index (χ1n) is 6.57. The van der Waals surface area contributed by atoms with Gasteiger partial charge in [-0.1, -0.05) is 12.1 Å². The molecule has 3 rings (SSSR count). The maximum absolute atomic E-state index is 13.0. The first-order valence-corrected chi connectivity index (χ1v) is 7.39. The lowest BCUT2D eigenvalue weighted by molar-refractivity contribution is -0.137. The second-order valence-corrected chi connectivity index (χ2v) is 6.08. The minimum absolute atomic E-state index is 0.140. The highest BCUT2D eigenvalue weighted by Crippen LogP contribution is 2.34. The molecule has 0 bridgehead atoms. The number of benzene rings is 1. The first-order chi connectivity index (χ1) is 10.8. The van der Waals surface area contributed by atoms with Crippen LogP contribution in [0.25, 0.3) is 0 Å². The number of nitrogens with zero attached hydrogens (tertiary/aromatic N) is 1. The number of hydrogen-bond donors (Lipinski definition) is 1. The summed E-state index contributed by atoms with van der Waals surface area (Å²) in [5.41, 5.74) is 0.565. The maximum Gasteiger partial charge on any atom is 0.443 e. The highest BCUT2D eigenvalue weighted by Gasteiger charge is 2.38. The average molecular weight is 346 g/mol. The second-order valence-electron chi connectivity index (χ2n) is 4.96. The maximum atomic E-state index is 13.0. The van der Waals surface area contributed by atoms with Crippen molar-refractivity contribution >= 4 is 17.4 Å². The van der Waals surface area contributed by atoms with E-state index >= 15 is 0 Å². The van der Waals surface area contributed by atoms with Gasteiger partial charge in [-0.15, -0.1) is 11.3 Å². The lowest BCUT2D eigenvalue weighted by atomic mass is 10.00. The van der Waals surface area contributed by atoms with Crippen molar-refractivity contribution in [2.75, 3.05) is 0 Å². The van der Waals surface area contributed by atoms with Crippen LogP contribution in [0.5, 0.6) is 0 Å². The van der Waals surface area contributed by atoms with Crippen LogP contribution in [0.15, 0.2) is 30.5 Å². The van der Waals surface area contributed by atoms with E-state index in [-0.39, 0.29) is 6.42 Å². The molecule has 9 heteroatoms. The predicted molar refractivity (Wildman–Crippen MR) is 73.4 cm³/mol. The number of thiazole rings is 1. The number of halogens is 4. The van der Waals surface area contributed by atoms with Crippen LogP contribution in [-0.4, -0.2) is 17.1 Å². The SMILES string of the molecule is O=C1NC(Cc2cnc(C(F)(F)F)s2)C(c2ccc(F)cc2)O1. The van der Waals surface area contributed by atoms with Crippen LogP contribution in [0.3, 0.4) is 0 Å². The Morgan fingerprint density at radius 1 is 1.26 bits per heavy atom. The zero-order valence-electron chi connectivity index (χ0n) is 11.4. The van der Waals surface area contributed by atoms with Gasteiger partial charge in [-0.25, -0.2) is 14.2 Å². The smallest absolute Gasteiger partial charge is 0.439 e. The molecule has 1 fully saturated rings. The highest BCUT2D eigenvalue weighted by atomic mass is 32.1. The van der Waals surface area contributed by atoms with E-state index in [0.717, 1.165) is 6.20 Å². The molecule has 1 aromatic heterocycles. The van der Waals surface area contributed by atoms with Gasteiger partial charge >= 0.3 is 12.3 Å². The number of rotatable bonds is 3. The van der Waals surface area contributed by atoms with Gasteiger partial charge in [0.15, 0.2) is 5.01 Å². The first kappa shape index (κ1) is 15.7. The zero-order valence-corrected chi connectivity index (χ0v) is 12.2. The van der Waals surface area contributed by atoms with Gasteiger partial charge in [0.2, 0.25) is 0 Å². The van der Waals surface area contributed by atoms with Crippen LogP contribution < -0.4 is 5.32 Å². The van der Waals surface area contributed by atoms with Crippen LogP contribution in [0, 0.1) is 5.82 Å². The fourth-order valence-electron chi connectivity index (χ4n) is 2.32.